The van der Waals surface area contributed by atoms with Crippen LogP contribution in [0.3, 0.4) is 0 Å². The van der Waals surface area contributed by atoms with Crippen LogP contribution in [-0.4, -0.2) is 53.6 Å². The third kappa shape index (κ3) is 8.47. The molecule has 0 bridgehead atoms. The Balaban J connectivity index is 1.80. The maximum atomic E-state index is 14.4. The third-order valence-corrected chi connectivity index (χ3v) is 7.88. The summed E-state index contributed by atoms with van der Waals surface area (Å²) in [6, 6.07) is 3.53. The molecule has 228 valence electrons. The molecule has 1 aromatic carbocycles. The second-order valence-corrected chi connectivity index (χ2v) is 12.1. The van der Waals surface area contributed by atoms with Crippen LogP contribution in [0.5, 0.6) is 0 Å². The summed E-state index contributed by atoms with van der Waals surface area (Å²) >= 11 is 0. The molecule has 1 heterocycles. The van der Waals surface area contributed by atoms with Gasteiger partial charge >= 0.3 is 0 Å². The van der Waals surface area contributed by atoms with Gasteiger partial charge in [-0.15, -0.1) is 0 Å². The third-order valence-electron chi connectivity index (χ3n) is 7.88. The Hall–Kier alpha value is -3.59. The molecule has 2 amide bonds. The van der Waals surface area contributed by atoms with Gasteiger partial charge in [-0.1, -0.05) is 49.6 Å². The first kappa shape index (κ1) is 32.9. The number of carbonyl (C=O) groups excluding carboxylic acids is 2. The maximum absolute atomic E-state index is 14.4. The van der Waals surface area contributed by atoms with Crippen LogP contribution in [0.25, 0.3) is 0 Å². The minimum atomic E-state index is -0.831. The number of nitrogens with zero attached hydrogens (tertiary/aromatic N) is 3. The molecule has 1 aromatic rings. The molecule has 0 spiro atoms. The summed E-state index contributed by atoms with van der Waals surface area (Å²) in [5.74, 6) is -2.13. The Kier molecular flexibility index (Phi) is 11.0. The molecule has 0 radical (unpaired) electrons. The number of rotatable bonds is 12. The first-order valence-electron chi connectivity index (χ1n) is 14.6. The molecule has 1 aliphatic carbocycles. The highest BCUT2D eigenvalue weighted by Gasteiger charge is 2.48. The van der Waals surface area contributed by atoms with Gasteiger partial charge in [0, 0.05) is 43.7 Å². The number of nitrogens with one attached hydrogen (secondary N) is 2. The van der Waals surface area contributed by atoms with E-state index in [0.717, 1.165) is 41.1 Å². The van der Waals surface area contributed by atoms with E-state index in [1.165, 1.54) is 31.5 Å². The highest BCUT2D eigenvalue weighted by Crippen LogP contribution is 2.33. The fourth-order valence-electron chi connectivity index (χ4n) is 5.76. The SMILES string of the molecule is C=NN(/C=C(\C)C(=O)NC1(CC(=O)NC(C)(C)C(/C=C\C)=C/C(=C)C)CN(C2CCCCC2)C1)c1ccc(F)cc1F. The molecule has 2 N–H and O–H groups in total. The molecule has 3 rings (SSSR count). The molecule has 9 heteroatoms. The monoisotopic (exact) mass is 581 g/mol. The standard InChI is InChI=1S/C33H45F2N5O2/c1-8-12-25(17-23(2)3)32(5,6)37-30(41)19-33(21-39(22-33)27-13-10-9-11-14-27)38-31(42)24(4)20-40(36-7)29-16-15-26(34)18-28(29)35/h8,12,15-18,20,27H,2,7,9-11,13-14,19,21-22H2,1,3-6H3,(H,37,41)(H,38,42)/b12-8-,24-20+,25-17+. The molecular weight excluding hydrogens is 536 g/mol. The minimum Gasteiger partial charge on any atom is -0.347 e. The quantitative estimate of drug-likeness (QED) is 0.134. The van der Waals surface area contributed by atoms with Crippen molar-refractivity contribution in [3.63, 3.8) is 0 Å². The van der Waals surface area contributed by atoms with Crippen molar-refractivity contribution in [1.29, 1.82) is 0 Å². The molecule has 7 nitrogen and oxygen atoms in total. The van der Waals surface area contributed by atoms with Gasteiger partial charge < -0.3 is 10.6 Å². The van der Waals surface area contributed by atoms with Gasteiger partial charge in [-0.25, -0.2) is 13.8 Å². The molecule has 2 fully saturated rings. The summed E-state index contributed by atoms with van der Waals surface area (Å²) in [7, 11) is 0. The smallest absolute Gasteiger partial charge is 0.249 e. The van der Waals surface area contributed by atoms with Crippen molar-refractivity contribution in [3.8, 4) is 0 Å². The first-order valence-corrected chi connectivity index (χ1v) is 14.6. The largest absolute Gasteiger partial charge is 0.347 e. The summed E-state index contributed by atoms with van der Waals surface area (Å²) in [6.07, 6.45) is 13.1. The van der Waals surface area contributed by atoms with E-state index in [9.17, 15) is 18.4 Å². The van der Waals surface area contributed by atoms with Gasteiger partial charge in [-0.05, 0) is 65.2 Å². The highest BCUT2D eigenvalue weighted by molar-refractivity contribution is 5.94. The summed E-state index contributed by atoms with van der Waals surface area (Å²) in [6.45, 7) is 17.8. The predicted octanol–water partition coefficient (Wildman–Crippen LogP) is 6.16. The van der Waals surface area contributed by atoms with Gasteiger partial charge in [0.05, 0.1) is 17.5 Å². The second kappa shape index (κ2) is 14.1. The van der Waals surface area contributed by atoms with E-state index >= 15 is 0 Å². The van der Waals surface area contributed by atoms with Crippen LogP contribution < -0.4 is 15.6 Å². The average Bonchev–Trinajstić information content (AvgIpc) is 2.89. The summed E-state index contributed by atoms with van der Waals surface area (Å²) in [5, 5.41) is 11.2. The molecule has 0 aromatic heterocycles. The number of hydrogen-bond acceptors (Lipinski definition) is 5. The van der Waals surface area contributed by atoms with Crippen molar-refractivity contribution in [3.05, 3.63) is 77.6 Å². The van der Waals surface area contributed by atoms with Crippen LogP contribution in [0.2, 0.25) is 0 Å². The molecule has 2 aliphatic rings. The molecule has 0 atom stereocenters. The lowest BCUT2D eigenvalue weighted by Gasteiger charge is -2.54. The van der Waals surface area contributed by atoms with E-state index in [-0.39, 0.29) is 23.6 Å². The van der Waals surface area contributed by atoms with Crippen LogP contribution in [0.1, 0.15) is 73.1 Å². The van der Waals surface area contributed by atoms with Crippen LogP contribution in [0, 0.1) is 11.6 Å². The van der Waals surface area contributed by atoms with E-state index in [1.807, 2.05) is 45.9 Å². The number of amides is 2. The van der Waals surface area contributed by atoms with E-state index in [1.54, 1.807) is 6.92 Å². The lowest BCUT2D eigenvalue weighted by atomic mass is 9.81. The predicted molar refractivity (Wildman–Crippen MR) is 166 cm³/mol. The van der Waals surface area contributed by atoms with Crippen molar-refractivity contribution in [2.45, 2.75) is 90.3 Å². The van der Waals surface area contributed by atoms with Crippen LogP contribution >= 0.6 is 0 Å². The van der Waals surface area contributed by atoms with Crippen molar-refractivity contribution >= 4 is 24.2 Å². The lowest BCUT2D eigenvalue weighted by Crippen LogP contribution is -2.73. The summed E-state index contributed by atoms with van der Waals surface area (Å²) in [4.78, 5) is 29.3. The van der Waals surface area contributed by atoms with Crippen LogP contribution in [0.4, 0.5) is 14.5 Å². The molecule has 0 unspecified atom stereocenters. The minimum absolute atomic E-state index is 0.0401. The fraction of sp³-hybridized carbons (Fsp3) is 0.485. The topological polar surface area (TPSA) is 77.0 Å². The van der Waals surface area contributed by atoms with Gasteiger partial charge in [-0.2, -0.15) is 5.10 Å². The Bertz CT molecular complexity index is 1270. The Morgan fingerprint density at radius 1 is 1.19 bits per heavy atom. The Labute approximate surface area is 249 Å². The normalized spacial score (nSPS) is 18.4. The zero-order valence-corrected chi connectivity index (χ0v) is 25.6. The van der Waals surface area contributed by atoms with E-state index in [2.05, 4.69) is 33.9 Å². The van der Waals surface area contributed by atoms with E-state index < -0.39 is 28.6 Å². The number of carbonyl (C=O) groups is 2. The molecular formula is C33H45F2N5O2. The highest BCUT2D eigenvalue weighted by atomic mass is 19.1. The van der Waals surface area contributed by atoms with Gasteiger partial charge in [0.1, 0.15) is 11.5 Å². The number of benzene rings is 1. The van der Waals surface area contributed by atoms with E-state index in [4.69, 9.17) is 0 Å². The number of halogens is 2. The van der Waals surface area contributed by atoms with Crippen molar-refractivity contribution in [1.82, 2.24) is 15.5 Å². The summed E-state index contributed by atoms with van der Waals surface area (Å²) < 4.78 is 27.8. The number of allylic oxidation sites excluding steroid dienone is 3. The van der Waals surface area contributed by atoms with Gasteiger partial charge in [0.2, 0.25) is 11.8 Å². The zero-order chi connectivity index (χ0) is 31.1. The maximum Gasteiger partial charge on any atom is 0.249 e. The molecule has 42 heavy (non-hydrogen) atoms. The lowest BCUT2D eigenvalue weighted by molar-refractivity contribution is -0.130. The van der Waals surface area contributed by atoms with Crippen molar-refractivity contribution in [2.75, 3.05) is 18.1 Å². The number of hydrogen-bond donors (Lipinski definition) is 2. The number of likely N-dealkylation sites (tertiary alicyclic amines) is 1. The van der Waals surface area contributed by atoms with Gasteiger partial charge in [0.15, 0.2) is 5.82 Å². The average molecular weight is 582 g/mol. The fourth-order valence-corrected chi connectivity index (χ4v) is 5.76. The molecule has 1 saturated carbocycles. The zero-order valence-electron chi connectivity index (χ0n) is 25.6. The van der Waals surface area contributed by atoms with E-state index in [0.29, 0.717) is 19.1 Å². The number of anilines is 1. The Morgan fingerprint density at radius 3 is 2.43 bits per heavy atom. The van der Waals surface area contributed by atoms with Crippen molar-refractivity contribution in [2.24, 2.45) is 5.10 Å². The second-order valence-electron chi connectivity index (χ2n) is 12.1. The van der Waals surface area contributed by atoms with Crippen molar-refractivity contribution < 1.29 is 18.4 Å². The van der Waals surface area contributed by atoms with Crippen LogP contribution in [0.15, 0.2) is 71.0 Å². The first-order chi connectivity index (χ1) is 19.8. The Morgan fingerprint density at radius 2 is 1.86 bits per heavy atom. The van der Waals surface area contributed by atoms with Crippen LogP contribution in [-0.2, 0) is 9.59 Å². The molecule has 1 aliphatic heterocycles. The number of hydrazone groups is 1. The van der Waals surface area contributed by atoms with Gasteiger partial charge in [0.25, 0.3) is 0 Å². The molecule has 1 saturated heterocycles. The summed E-state index contributed by atoms with van der Waals surface area (Å²) in [5.41, 5.74) is 0.568. The van der Waals surface area contributed by atoms with Gasteiger partial charge in [-0.3, -0.25) is 14.5 Å².